The molecule has 1 atom stereocenters. The number of benzene rings is 1. The summed E-state index contributed by atoms with van der Waals surface area (Å²) in [5, 5.41) is 10.3. The summed E-state index contributed by atoms with van der Waals surface area (Å²) in [7, 11) is 0. The third-order valence-electron chi connectivity index (χ3n) is 4.55. The summed E-state index contributed by atoms with van der Waals surface area (Å²) in [6.45, 7) is 2.39. The quantitative estimate of drug-likeness (QED) is 0.886. The number of β-amino-alcohol motifs (C(OH)–C–C–N with tert-alkyl or cyclic N) is 1. The van der Waals surface area contributed by atoms with E-state index in [1.807, 2.05) is 31.2 Å². The van der Waals surface area contributed by atoms with E-state index in [4.69, 9.17) is 5.73 Å². The number of piperidine rings is 1. The van der Waals surface area contributed by atoms with Crippen molar-refractivity contribution in [2.75, 3.05) is 13.1 Å². The smallest absolute Gasteiger partial charge is 0.255 e. The maximum absolute atomic E-state index is 12.8. The van der Waals surface area contributed by atoms with Gasteiger partial charge in [0.2, 0.25) is 0 Å². The van der Waals surface area contributed by atoms with Crippen LogP contribution >= 0.6 is 0 Å². The van der Waals surface area contributed by atoms with Gasteiger partial charge in [-0.05, 0) is 31.4 Å². The first kappa shape index (κ1) is 17.1. The number of primary amides is 1. The van der Waals surface area contributed by atoms with Gasteiger partial charge < -0.3 is 15.7 Å². The highest BCUT2D eigenvalue weighted by Crippen LogP contribution is 2.24. The summed E-state index contributed by atoms with van der Waals surface area (Å²) in [5.74, 6) is -1.06. The molecule has 6 nitrogen and oxygen atoms in total. The molecular formula is C19H21N3O3. The molecule has 3 N–H and O–H groups in total. The van der Waals surface area contributed by atoms with Crippen molar-refractivity contribution in [3.8, 4) is 11.1 Å². The van der Waals surface area contributed by atoms with Crippen molar-refractivity contribution >= 4 is 11.8 Å². The second kappa shape index (κ2) is 6.64. The fraction of sp³-hybridized carbons (Fsp3) is 0.316. The molecular weight excluding hydrogens is 318 g/mol. The zero-order valence-corrected chi connectivity index (χ0v) is 14.1. The molecule has 0 bridgehead atoms. The monoisotopic (exact) mass is 339 g/mol. The minimum Gasteiger partial charge on any atom is -0.378 e. The highest BCUT2D eigenvalue weighted by molar-refractivity contribution is 5.96. The van der Waals surface area contributed by atoms with E-state index in [2.05, 4.69) is 4.98 Å². The molecule has 1 aromatic carbocycles. The maximum atomic E-state index is 12.8. The number of nitrogens with zero attached hydrogens (tertiary/aromatic N) is 2. The van der Waals surface area contributed by atoms with Gasteiger partial charge in [0.15, 0.2) is 5.60 Å². The number of nitrogens with two attached hydrogens (primary N) is 1. The molecule has 0 spiro atoms. The Morgan fingerprint density at radius 2 is 2.04 bits per heavy atom. The number of aliphatic hydroxyl groups is 1. The lowest BCUT2D eigenvalue weighted by atomic mass is 9.92. The van der Waals surface area contributed by atoms with Crippen molar-refractivity contribution in [1.29, 1.82) is 0 Å². The van der Waals surface area contributed by atoms with Gasteiger partial charge in [-0.2, -0.15) is 0 Å². The van der Waals surface area contributed by atoms with Crippen molar-refractivity contribution in [2.24, 2.45) is 5.73 Å². The van der Waals surface area contributed by atoms with E-state index in [-0.39, 0.29) is 18.9 Å². The third-order valence-corrected chi connectivity index (χ3v) is 4.55. The lowest BCUT2D eigenvalue weighted by Crippen LogP contribution is -2.57. The minimum atomic E-state index is -1.66. The molecule has 0 saturated carbocycles. The van der Waals surface area contributed by atoms with Crippen LogP contribution in [0.1, 0.15) is 28.8 Å². The van der Waals surface area contributed by atoms with Crippen molar-refractivity contribution in [3.05, 3.63) is 53.9 Å². The van der Waals surface area contributed by atoms with E-state index in [1.54, 1.807) is 12.3 Å². The van der Waals surface area contributed by atoms with Crippen molar-refractivity contribution in [2.45, 2.75) is 25.4 Å². The van der Waals surface area contributed by atoms with Crippen molar-refractivity contribution in [3.63, 3.8) is 0 Å². The molecule has 3 rings (SSSR count). The molecule has 1 aliphatic rings. The zero-order chi connectivity index (χ0) is 18.0. The lowest BCUT2D eigenvalue weighted by molar-refractivity contribution is -0.140. The van der Waals surface area contributed by atoms with Crippen LogP contribution in [0.5, 0.6) is 0 Å². The van der Waals surface area contributed by atoms with E-state index in [9.17, 15) is 14.7 Å². The third kappa shape index (κ3) is 3.53. The zero-order valence-electron chi connectivity index (χ0n) is 14.1. The molecule has 6 heteroatoms. The lowest BCUT2D eigenvalue weighted by Gasteiger charge is -2.37. The van der Waals surface area contributed by atoms with Crippen LogP contribution in [0.25, 0.3) is 11.1 Å². The highest BCUT2D eigenvalue weighted by Gasteiger charge is 2.40. The molecule has 25 heavy (non-hydrogen) atoms. The Bertz CT molecular complexity index is 821. The van der Waals surface area contributed by atoms with Crippen LogP contribution in [0.15, 0.2) is 42.7 Å². The highest BCUT2D eigenvalue weighted by atomic mass is 16.3. The molecule has 1 unspecified atom stereocenters. The SMILES string of the molecule is Cc1cccc(-c2cncc(C(=O)N3CCCC(O)(C(N)=O)C3)c2)c1. The summed E-state index contributed by atoms with van der Waals surface area (Å²) in [6, 6.07) is 9.73. The van der Waals surface area contributed by atoms with Gasteiger partial charge in [0, 0.05) is 24.5 Å². The van der Waals surface area contributed by atoms with Crippen LogP contribution in [0.2, 0.25) is 0 Å². The van der Waals surface area contributed by atoms with Crippen LogP contribution in [-0.4, -0.2) is 45.5 Å². The molecule has 1 aliphatic heterocycles. The Balaban J connectivity index is 1.86. The van der Waals surface area contributed by atoms with E-state index < -0.39 is 11.5 Å². The number of rotatable bonds is 3. The molecule has 130 valence electrons. The van der Waals surface area contributed by atoms with Crippen molar-refractivity contribution in [1.82, 2.24) is 9.88 Å². The summed E-state index contributed by atoms with van der Waals surface area (Å²) >= 11 is 0. The largest absolute Gasteiger partial charge is 0.378 e. The number of aryl methyl sites for hydroxylation is 1. The van der Waals surface area contributed by atoms with E-state index in [0.717, 1.165) is 16.7 Å². The first-order valence-corrected chi connectivity index (χ1v) is 8.23. The Kier molecular flexibility index (Phi) is 4.55. The van der Waals surface area contributed by atoms with Crippen molar-refractivity contribution < 1.29 is 14.7 Å². The van der Waals surface area contributed by atoms with Crippen LogP contribution in [0.4, 0.5) is 0 Å². The van der Waals surface area contributed by atoms with Gasteiger partial charge in [0.05, 0.1) is 12.1 Å². The number of aromatic nitrogens is 1. The number of carbonyl (C=O) groups is 2. The first-order valence-electron chi connectivity index (χ1n) is 8.23. The molecule has 0 radical (unpaired) electrons. The Hall–Kier alpha value is -2.73. The number of amides is 2. The second-order valence-electron chi connectivity index (χ2n) is 6.56. The van der Waals surface area contributed by atoms with Gasteiger partial charge >= 0.3 is 0 Å². The van der Waals surface area contributed by atoms with Gasteiger partial charge in [0.25, 0.3) is 11.8 Å². The topological polar surface area (TPSA) is 96.5 Å². The number of hydrogen-bond donors (Lipinski definition) is 2. The molecule has 2 aromatic rings. The van der Waals surface area contributed by atoms with Crippen LogP contribution in [0.3, 0.4) is 0 Å². The van der Waals surface area contributed by atoms with Gasteiger partial charge in [0.1, 0.15) is 0 Å². The Labute approximate surface area is 146 Å². The molecule has 0 aliphatic carbocycles. The fourth-order valence-corrected chi connectivity index (χ4v) is 3.13. The van der Waals surface area contributed by atoms with Crippen LogP contribution < -0.4 is 5.73 Å². The van der Waals surface area contributed by atoms with Crippen LogP contribution in [0, 0.1) is 6.92 Å². The predicted octanol–water partition coefficient (Wildman–Crippen LogP) is 1.51. The number of carbonyl (C=O) groups excluding carboxylic acids is 2. The average Bonchev–Trinajstić information content (AvgIpc) is 2.61. The molecule has 1 fully saturated rings. The molecule has 1 saturated heterocycles. The maximum Gasteiger partial charge on any atom is 0.255 e. The fourth-order valence-electron chi connectivity index (χ4n) is 3.13. The average molecular weight is 339 g/mol. The van der Waals surface area contributed by atoms with E-state index in [1.165, 1.54) is 11.1 Å². The molecule has 1 aromatic heterocycles. The summed E-state index contributed by atoms with van der Waals surface area (Å²) in [5.41, 5.74) is 6.99. The standard InChI is InChI=1S/C19H21N3O3/c1-13-4-2-5-14(8-13)15-9-16(11-21-10-15)17(23)22-7-3-6-19(25,12-22)18(20)24/h2,4-5,8-11,25H,3,6-7,12H2,1H3,(H2,20,24). The predicted molar refractivity (Wildman–Crippen MR) is 93.7 cm³/mol. The number of likely N-dealkylation sites (tertiary alicyclic amines) is 1. The second-order valence-corrected chi connectivity index (χ2v) is 6.56. The molecule has 2 heterocycles. The van der Waals surface area contributed by atoms with Crippen LogP contribution in [-0.2, 0) is 4.79 Å². The van der Waals surface area contributed by atoms with Gasteiger partial charge in [-0.3, -0.25) is 14.6 Å². The van der Waals surface area contributed by atoms with Gasteiger partial charge in [-0.1, -0.05) is 29.8 Å². The van der Waals surface area contributed by atoms with E-state index in [0.29, 0.717) is 18.5 Å². The summed E-state index contributed by atoms with van der Waals surface area (Å²) < 4.78 is 0. The van der Waals surface area contributed by atoms with Gasteiger partial charge in [-0.15, -0.1) is 0 Å². The minimum absolute atomic E-state index is 0.0875. The summed E-state index contributed by atoms with van der Waals surface area (Å²) in [4.78, 5) is 29.9. The Morgan fingerprint density at radius 3 is 2.76 bits per heavy atom. The van der Waals surface area contributed by atoms with Gasteiger partial charge in [-0.25, -0.2) is 0 Å². The summed E-state index contributed by atoms with van der Waals surface area (Å²) in [6.07, 6.45) is 4.00. The molecule has 2 amide bonds. The first-order chi connectivity index (χ1) is 11.9. The number of hydrogen-bond acceptors (Lipinski definition) is 4. The number of pyridine rings is 1. The normalized spacial score (nSPS) is 20.3. The van der Waals surface area contributed by atoms with E-state index >= 15 is 0 Å². The Morgan fingerprint density at radius 1 is 1.24 bits per heavy atom.